The first-order chi connectivity index (χ1) is 14.3. The predicted molar refractivity (Wildman–Crippen MR) is 109 cm³/mol. The van der Waals surface area contributed by atoms with Crippen LogP contribution in [0.25, 0.3) is 22.8 Å². The van der Waals surface area contributed by atoms with Crippen LogP contribution in [0.1, 0.15) is 12.3 Å². The summed E-state index contributed by atoms with van der Waals surface area (Å²) < 4.78 is 13.1. The Morgan fingerprint density at radius 3 is 2.59 bits per heavy atom. The molecule has 3 aromatic heterocycles. The number of rotatable bonds is 9. The Hall–Kier alpha value is -3.04. The number of nitrogens with zero attached hydrogens (tertiary/aromatic N) is 6. The molecule has 0 amide bonds. The molecule has 3 heterocycles. The molecule has 9 heteroatoms. The van der Waals surface area contributed by atoms with E-state index in [0.717, 1.165) is 35.1 Å². The van der Waals surface area contributed by atoms with E-state index in [2.05, 4.69) is 29.9 Å². The lowest BCUT2D eigenvalue weighted by Crippen LogP contribution is -2.05. The van der Waals surface area contributed by atoms with Crippen molar-refractivity contribution in [2.45, 2.75) is 23.9 Å². The van der Waals surface area contributed by atoms with Crippen molar-refractivity contribution < 1.29 is 9.15 Å². The van der Waals surface area contributed by atoms with Crippen LogP contribution in [0, 0.1) is 0 Å². The zero-order valence-corrected chi connectivity index (χ0v) is 16.7. The Balaban J connectivity index is 1.51. The van der Waals surface area contributed by atoms with Crippen molar-refractivity contribution in [3.63, 3.8) is 0 Å². The molecule has 0 spiro atoms. The molecule has 8 nitrogen and oxygen atoms in total. The Morgan fingerprint density at radius 1 is 0.966 bits per heavy atom. The second-order valence-corrected chi connectivity index (χ2v) is 7.14. The van der Waals surface area contributed by atoms with E-state index in [0.29, 0.717) is 24.1 Å². The molecule has 0 aliphatic carbocycles. The summed E-state index contributed by atoms with van der Waals surface area (Å²) in [6.07, 6.45) is 4.36. The van der Waals surface area contributed by atoms with Crippen LogP contribution >= 0.6 is 11.8 Å². The fourth-order valence-corrected chi connectivity index (χ4v) is 3.62. The Morgan fingerprint density at radius 2 is 1.79 bits per heavy atom. The van der Waals surface area contributed by atoms with Gasteiger partial charge in [0.25, 0.3) is 0 Å². The van der Waals surface area contributed by atoms with E-state index in [1.165, 1.54) is 11.8 Å². The first kappa shape index (κ1) is 19.3. The molecule has 0 saturated carbocycles. The average molecular weight is 408 g/mol. The molecule has 1 aromatic carbocycles. The van der Waals surface area contributed by atoms with Crippen molar-refractivity contribution in [3.8, 4) is 22.8 Å². The number of aromatic nitrogens is 6. The highest BCUT2D eigenvalue weighted by Gasteiger charge is 2.16. The van der Waals surface area contributed by atoms with Crippen molar-refractivity contribution in [2.24, 2.45) is 0 Å². The van der Waals surface area contributed by atoms with Crippen LogP contribution in [0.3, 0.4) is 0 Å². The van der Waals surface area contributed by atoms with Crippen LogP contribution < -0.4 is 0 Å². The van der Waals surface area contributed by atoms with E-state index < -0.39 is 0 Å². The highest BCUT2D eigenvalue weighted by atomic mass is 32.2. The molecule has 0 atom stereocenters. The molecule has 0 unspecified atom stereocenters. The fraction of sp³-hybridized carbons (Fsp3) is 0.250. The predicted octanol–water partition coefficient (Wildman–Crippen LogP) is 3.72. The van der Waals surface area contributed by atoms with Crippen LogP contribution in [-0.4, -0.2) is 43.7 Å². The molecule has 0 bridgehead atoms. The number of ether oxygens (including phenoxy) is 1. The summed E-state index contributed by atoms with van der Waals surface area (Å²) in [6.45, 7) is 1.42. The Labute approximate surface area is 172 Å². The summed E-state index contributed by atoms with van der Waals surface area (Å²) in [4.78, 5) is 4.08. The maximum atomic E-state index is 5.79. The molecule has 0 fully saturated rings. The lowest BCUT2D eigenvalue weighted by Gasteiger charge is -2.09. The molecule has 0 aliphatic rings. The van der Waals surface area contributed by atoms with E-state index in [-0.39, 0.29) is 0 Å². The van der Waals surface area contributed by atoms with Gasteiger partial charge in [-0.25, -0.2) is 0 Å². The number of hydrogen-bond acceptors (Lipinski definition) is 8. The lowest BCUT2D eigenvalue weighted by atomic mass is 10.2. The zero-order chi connectivity index (χ0) is 19.9. The van der Waals surface area contributed by atoms with Gasteiger partial charge in [0.1, 0.15) is 0 Å². The van der Waals surface area contributed by atoms with Gasteiger partial charge in [0.05, 0.1) is 5.75 Å². The van der Waals surface area contributed by atoms with Crippen LogP contribution in [-0.2, 0) is 17.0 Å². The fourth-order valence-electron chi connectivity index (χ4n) is 2.81. The molecular weight excluding hydrogens is 388 g/mol. The molecule has 0 saturated heterocycles. The van der Waals surface area contributed by atoms with Crippen LogP contribution in [0.15, 0.2) is 64.4 Å². The van der Waals surface area contributed by atoms with E-state index in [4.69, 9.17) is 9.15 Å². The van der Waals surface area contributed by atoms with Gasteiger partial charge < -0.3 is 13.7 Å². The summed E-state index contributed by atoms with van der Waals surface area (Å²) in [5.74, 6) is 2.38. The van der Waals surface area contributed by atoms with E-state index in [1.54, 1.807) is 19.5 Å². The van der Waals surface area contributed by atoms with Crippen molar-refractivity contribution >= 4 is 11.8 Å². The van der Waals surface area contributed by atoms with E-state index in [9.17, 15) is 0 Å². The van der Waals surface area contributed by atoms with Crippen molar-refractivity contribution in [2.75, 3.05) is 13.7 Å². The van der Waals surface area contributed by atoms with Gasteiger partial charge in [-0.05, 0) is 30.7 Å². The average Bonchev–Trinajstić information content (AvgIpc) is 3.41. The molecule has 0 aliphatic heterocycles. The molecule has 4 aromatic rings. The minimum Gasteiger partial charge on any atom is -0.420 e. The van der Waals surface area contributed by atoms with E-state index in [1.807, 2.05) is 42.5 Å². The summed E-state index contributed by atoms with van der Waals surface area (Å²) in [5.41, 5.74) is 1.87. The second kappa shape index (κ2) is 9.44. The van der Waals surface area contributed by atoms with Crippen molar-refractivity contribution in [1.29, 1.82) is 0 Å². The smallest absolute Gasteiger partial charge is 0.247 e. The summed E-state index contributed by atoms with van der Waals surface area (Å²) in [6, 6.07) is 13.6. The maximum absolute atomic E-state index is 5.79. The third-order valence-electron chi connectivity index (χ3n) is 4.20. The third-order valence-corrected chi connectivity index (χ3v) is 5.15. The number of pyridine rings is 1. The minimum absolute atomic E-state index is 0.512. The van der Waals surface area contributed by atoms with Gasteiger partial charge >= 0.3 is 0 Å². The number of hydrogen-bond donors (Lipinski definition) is 0. The monoisotopic (exact) mass is 408 g/mol. The topological polar surface area (TPSA) is 91.8 Å². The van der Waals surface area contributed by atoms with Gasteiger partial charge in [0.15, 0.2) is 11.0 Å². The normalized spacial score (nSPS) is 11.1. The number of benzene rings is 1. The standard InChI is InChI=1S/C20H20N6O2S/c1-27-13-5-12-26-18(15-8-10-21-11-9-15)23-25-20(26)29-14-17-22-24-19(28-17)16-6-3-2-4-7-16/h2-4,6-11H,5,12-14H2,1H3. The molecule has 29 heavy (non-hydrogen) atoms. The molecular formula is C20H20N6O2S. The number of methoxy groups -OCH3 is 1. The minimum atomic E-state index is 0.512. The molecule has 0 N–H and O–H groups in total. The van der Waals surface area contributed by atoms with Gasteiger partial charge in [0, 0.05) is 43.8 Å². The highest BCUT2D eigenvalue weighted by molar-refractivity contribution is 7.98. The van der Waals surface area contributed by atoms with Gasteiger partial charge in [-0.1, -0.05) is 30.0 Å². The first-order valence-electron chi connectivity index (χ1n) is 9.18. The summed E-state index contributed by atoms with van der Waals surface area (Å²) >= 11 is 1.52. The lowest BCUT2D eigenvalue weighted by molar-refractivity contribution is 0.189. The quantitative estimate of drug-likeness (QED) is 0.306. The van der Waals surface area contributed by atoms with Gasteiger partial charge in [-0.3, -0.25) is 4.98 Å². The van der Waals surface area contributed by atoms with Gasteiger partial charge in [0.2, 0.25) is 11.8 Å². The highest BCUT2D eigenvalue weighted by Crippen LogP contribution is 2.27. The van der Waals surface area contributed by atoms with E-state index >= 15 is 0 Å². The van der Waals surface area contributed by atoms with Gasteiger partial charge in [-0.15, -0.1) is 20.4 Å². The third kappa shape index (κ3) is 4.69. The van der Waals surface area contributed by atoms with Crippen molar-refractivity contribution in [3.05, 3.63) is 60.7 Å². The Bertz CT molecular complexity index is 1040. The zero-order valence-electron chi connectivity index (χ0n) is 15.9. The van der Waals surface area contributed by atoms with Crippen molar-refractivity contribution in [1.82, 2.24) is 29.9 Å². The molecule has 0 radical (unpaired) electrons. The van der Waals surface area contributed by atoms with Crippen LogP contribution in [0.2, 0.25) is 0 Å². The largest absolute Gasteiger partial charge is 0.420 e. The summed E-state index contributed by atoms with van der Waals surface area (Å²) in [7, 11) is 1.70. The second-order valence-electron chi connectivity index (χ2n) is 6.20. The van der Waals surface area contributed by atoms with Crippen LogP contribution in [0.4, 0.5) is 0 Å². The molecule has 148 valence electrons. The Kier molecular flexibility index (Phi) is 6.28. The molecule has 4 rings (SSSR count). The first-order valence-corrected chi connectivity index (χ1v) is 10.2. The maximum Gasteiger partial charge on any atom is 0.247 e. The van der Waals surface area contributed by atoms with Gasteiger partial charge in [-0.2, -0.15) is 0 Å². The van der Waals surface area contributed by atoms with Crippen LogP contribution in [0.5, 0.6) is 0 Å². The SMILES string of the molecule is COCCCn1c(SCc2nnc(-c3ccccc3)o2)nnc1-c1ccncc1. The number of thioether (sulfide) groups is 1. The summed E-state index contributed by atoms with van der Waals surface area (Å²) in [5, 5.41) is 17.9.